The molecule has 0 saturated heterocycles. The van der Waals surface area contributed by atoms with Crippen LogP contribution < -0.4 is 20.9 Å². The second-order valence-corrected chi connectivity index (χ2v) is 2.92. The van der Waals surface area contributed by atoms with Crippen molar-refractivity contribution in [1.82, 2.24) is 10.9 Å². The average Bonchev–Trinajstić information content (AvgIpc) is 2.36. The number of amides is 3. The molecule has 17 heavy (non-hydrogen) atoms. The van der Waals surface area contributed by atoms with Gasteiger partial charge in [0.15, 0.2) is 0 Å². The van der Waals surface area contributed by atoms with Gasteiger partial charge < -0.3 is 14.8 Å². The lowest BCUT2D eigenvalue weighted by atomic mass is 10.3. The maximum atomic E-state index is 11.3. The molecule has 7 nitrogen and oxygen atoms in total. The molecule has 0 fully saturated rings. The summed E-state index contributed by atoms with van der Waals surface area (Å²) in [6.07, 6.45) is -0.755. The van der Waals surface area contributed by atoms with E-state index >= 15 is 0 Å². The highest BCUT2D eigenvalue weighted by Crippen LogP contribution is 2.14. The van der Waals surface area contributed by atoms with E-state index < -0.39 is 12.1 Å². The minimum absolute atomic E-state index is 0.565. The van der Waals surface area contributed by atoms with Crippen LogP contribution in [0, 0.1) is 0 Å². The van der Waals surface area contributed by atoms with E-state index in [1.807, 2.05) is 5.43 Å². The average molecular weight is 239 g/mol. The quantitative estimate of drug-likeness (QED) is 0.674. The van der Waals surface area contributed by atoms with Gasteiger partial charge in [0.2, 0.25) is 0 Å². The fraction of sp³-hybridized carbons (Fsp3) is 0.200. The van der Waals surface area contributed by atoms with E-state index in [1.54, 1.807) is 31.4 Å². The first-order valence-electron chi connectivity index (χ1n) is 4.70. The van der Waals surface area contributed by atoms with E-state index in [9.17, 15) is 9.59 Å². The molecule has 1 rings (SSSR count). The van der Waals surface area contributed by atoms with Gasteiger partial charge in [-0.2, -0.15) is 0 Å². The Morgan fingerprint density at radius 2 is 1.71 bits per heavy atom. The van der Waals surface area contributed by atoms with Crippen LogP contribution >= 0.6 is 0 Å². The summed E-state index contributed by atoms with van der Waals surface area (Å²) in [5, 5.41) is 2.50. The van der Waals surface area contributed by atoms with Crippen molar-refractivity contribution >= 4 is 17.8 Å². The van der Waals surface area contributed by atoms with Crippen molar-refractivity contribution in [2.45, 2.75) is 0 Å². The zero-order chi connectivity index (χ0) is 12.7. The summed E-state index contributed by atoms with van der Waals surface area (Å²) in [5.74, 6) is 0.684. The third-order valence-electron chi connectivity index (χ3n) is 1.81. The molecule has 92 valence electrons. The zero-order valence-electron chi connectivity index (χ0n) is 9.44. The van der Waals surface area contributed by atoms with Gasteiger partial charge >= 0.3 is 12.1 Å². The SMILES string of the molecule is COC(=O)NNC(=O)Nc1ccc(OC)cc1. The number of urea groups is 1. The van der Waals surface area contributed by atoms with Crippen LogP contribution in [-0.4, -0.2) is 26.3 Å². The number of hydrogen-bond donors (Lipinski definition) is 3. The summed E-state index contributed by atoms with van der Waals surface area (Å²) < 4.78 is 9.24. The lowest BCUT2D eigenvalue weighted by Crippen LogP contribution is -2.43. The van der Waals surface area contributed by atoms with E-state index in [1.165, 1.54) is 7.11 Å². The van der Waals surface area contributed by atoms with Crippen molar-refractivity contribution in [1.29, 1.82) is 0 Å². The fourth-order valence-electron chi connectivity index (χ4n) is 0.996. The van der Waals surface area contributed by atoms with E-state index in [0.29, 0.717) is 11.4 Å². The Morgan fingerprint density at radius 1 is 1.06 bits per heavy atom. The molecule has 0 bridgehead atoms. The normalized spacial score (nSPS) is 9.06. The number of hydrazine groups is 1. The summed E-state index contributed by atoms with van der Waals surface area (Å²) in [7, 11) is 2.74. The minimum atomic E-state index is -0.755. The van der Waals surface area contributed by atoms with E-state index in [0.717, 1.165) is 0 Å². The number of methoxy groups -OCH3 is 2. The van der Waals surface area contributed by atoms with Crippen LogP contribution in [0.2, 0.25) is 0 Å². The first-order chi connectivity index (χ1) is 8.15. The third kappa shape index (κ3) is 4.29. The molecular weight excluding hydrogens is 226 g/mol. The first kappa shape index (κ1) is 12.6. The standard InChI is InChI=1S/C10H13N3O4/c1-16-8-5-3-7(4-6-8)11-9(14)12-13-10(15)17-2/h3-6H,1-2H3,(H,13,15)(H2,11,12,14). The number of hydrogen-bond acceptors (Lipinski definition) is 4. The largest absolute Gasteiger partial charge is 0.497 e. The minimum Gasteiger partial charge on any atom is -0.497 e. The van der Waals surface area contributed by atoms with Crippen LogP contribution in [-0.2, 0) is 4.74 Å². The summed E-state index contributed by atoms with van der Waals surface area (Å²) in [4.78, 5) is 21.9. The van der Waals surface area contributed by atoms with Crippen molar-refractivity contribution in [3.63, 3.8) is 0 Å². The van der Waals surface area contributed by atoms with Crippen molar-refractivity contribution < 1.29 is 19.1 Å². The molecule has 0 aliphatic carbocycles. The highest BCUT2D eigenvalue weighted by Gasteiger charge is 2.03. The Balaban J connectivity index is 2.42. The number of rotatable bonds is 2. The topological polar surface area (TPSA) is 88.7 Å². The monoisotopic (exact) mass is 239 g/mol. The van der Waals surface area contributed by atoms with Gasteiger partial charge in [-0.3, -0.25) is 0 Å². The molecule has 1 aromatic rings. The number of ether oxygens (including phenoxy) is 2. The number of carbonyl (C=O) groups is 2. The Kier molecular flexibility index (Phi) is 4.61. The Morgan fingerprint density at radius 3 is 2.24 bits per heavy atom. The summed E-state index contributed by atoms with van der Waals surface area (Å²) in [6, 6.07) is 6.14. The van der Waals surface area contributed by atoms with E-state index in [2.05, 4.69) is 15.5 Å². The van der Waals surface area contributed by atoms with Crippen molar-refractivity contribution in [2.75, 3.05) is 19.5 Å². The first-order valence-corrected chi connectivity index (χ1v) is 4.70. The molecule has 0 aromatic heterocycles. The van der Waals surface area contributed by atoms with Crippen LogP contribution in [0.15, 0.2) is 24.3 Å². The third-order valence-corrected chi connectivity index (χ3v) is 1.81. The predicted octanol–water partition coefficient (Wildman–Crippen LogP) is 1.09. The molecule has 0 heterocycles. The molecule has 0 atom stereocenters. The Hall–Kier alpha value is -2.44. The lowest BCUT2D eigenvalue weighted by molar-refractivity contribution is 0.166. The molecule has 3 N–H and O–H groups in total. The van der Waals surface area contributed by atoms with Crippen molar-refractivity contribution in [3.8, 4) is 5.75 Å². The molecule has 3 amide bonds. The molecular formula is C10H13N3O4. The van der Waals surface area contributed by atoms with Gasteiger partial charge in [0.05, 0.1) is 14.2 Å². The van der Waals surface area contributed by atoms with Gasteiger partial charge in [-0.1, -0.05) is 0 Å². The van der Waals surface area contributed by atoms with Gasteiger partial charge in [0, 0.05) is 5.69 Å². The van der Waals surface area contributed by atoms with Crippen molar-refractivity contribution in [3.05, 3.63) is 24.3 Å². The number of anilines is 1. The van der Waals surface area contributed by atoms with Gasteiger partial charge in [-0.15, -0.1) is 0 Å². The van der Waals surface area contributed by atoms with Crippen LogP contribution in [0.25, 0.3) is 0 Å². The summed E-state index contributed by atoms with van der Waals surface area (Å²) in [6.45, 7) is 0. The van der Waals surface area contributed by atoms with Gasteiger partial charge in [0.1, 0.15) is 5.75 Å². The Bertz CT molecular complexity index is 391. The van der Waals surface area contributed by atoms with Crippen LogP contribution in [0.4, 0.5) is 15.3 Å². The number of nitrogens with one attached hydrogen (secondary N) is 3. The molecule has 0 radical (unpaired) electrons. The van der Waals surface area contributed by atoms with Crippen LogP contribution in [0.1, 0.15) is 0 Å². The van der Waals surface area contributed by atoms with Crippen LogP contribution in [0.5, 0.6) is 5.75 Å². The maximum Gasteiger partial charge on any atom is 0.425 e. The summed E-state index contributed by atoms with van der Waals surface area (Å²) in [5.41, 5.74) is 4.70. The molecule has 7 heteroatoms. The Labute approximate surface area is 98.1 Å². The lowest BCUT2D eigenvalue weighted by Gasteiger charge is -2.08. The molecule has 0 aliphatic rings. The molecule has 0 spiro atoms. The van der Waals surface area contributed by atoms with Gasteiger partial charge in [-0.05, 0) is 24.3 Å². The molecule has 1 aromatic carbocycles. The predicted molar refractivity (Wildman–Crippen MR) is 60.7 cm³/mol. The van der Waals surface area contributed by atoms with Gasteiger partial charge in [-0.25, -0.2) is 20.4 Å². The molecule has 0 unspecified atom stereocenters. The number of benzene rings is 1. The summed E-state index contributed by atoms with van der Waals surface area (Å²) >= 11 is 0. The van der Waals surface area contributed by atoms with E-state index in [-0.39, 0.29) is 0 Å². The highest BCUT2D eigenvalue weighted by molar-refractivity contribution is 5.90. The van der Waals surface area contributed by atoms with E-state index in [4.69, 9.17) is 4.74 Å². The number of carbonyl (C=O) groups excluding carboxylic acids is 2. The van der Waals surface area contributed by atoms with Crippen LogP contribution in [0.3, 0.4) is 0 Å². The fourth-order valence-corrected chi connectivity index (χ4v) is 0.996. The van der Waals surface area contributed by atoms with Gasteiger partial charge in [0.25, 0.3) is 0 Å². The maximum absolute atomic E-state index is 11.3. The molecule has 0 aliphatic heterocycles. The highest BCUT2D eigenvalue weighted by atomic mass is 16.5. The smallest absolute Gasteiger partial charge is 0.425 e. The second-order valence-electron chi connectivity index (χ2n) is 2.92. The van der Waals surface area contributed by atoms with Crippen molar-refractivity contribution in [2.24, 2.45) is 0 Å². The second kappa shape index (κ2) is 6.21. The zero-order valence-corrected chi connectivity index (χ0v) is 9.44. The molecule has 0 saturated carbocycles.